The Hall–Kier alpha value is -3.98. The summed E-state index contributed by atoms with van der Waals surface area (Å²) < 4.78 is 33.4. The van der Waals surface area contributed by atoms with E-state index in [4.69, 9.17) is 21.3 Å². The van der Waals surface area contributed by atoms with Crippen LogP contribution in [0.5, 0.6) is 5.75 Å². The third-order valence-corrected chi connectivity index (χ3v) is 11.2. The molecule has 4 aromatic rings. The van der Waals surface area contributed by atoms with Crippen molar-refractivity contribution in [2.24, 2.45) is 0 Å². The summed E-state index contributed by atoms with van der Waals surface area (Å²) in [6.45, 7) is 8.70. The lowest BCUT2D eigenvalue weighted by atomic mass is 10.0. The number of anilines is 6. The normalized spacial score (nSPS) is 18.1. The first-order valence-corrected chi connectivity index (χ1v) is 19.0. The zero-order valence-electron chi connectivity index (χ0n) is 28.4. The summed E-state index contributed by atoms with van der Waals surface area (Å²) in [6, 6.07) is 8.20. The number of benzene rings is 2. The van der Waals surface area contributed by atoms with Gasteiger partial charge in [0.15, 0.2) is 5.82 Å². The van der Waals surface area contributed by atoms with Gasteiger partial charge in [-0.15, -0.1) is 0 Å². The van der Waals surface area contributed by atoms with Crippen LogP contribution in [0.15, 0.2) is 42.9 Å². The van der Waals surface area contributed by atoms with Crippen molar-refractivity contribution >= 4 is 67.2 Å². The second kappa shape index (κ2) is 13.7. The molecule has 0 atom stereocenters. The molecular weight excluding hydrogens is 664 g/mol. The number of sulfonamides is 1. The van der Waals surface area contributed by atoms with Gasteiger partial charge >= 0.3 is 0 Å². The predicted molar refractivity (Wildman–Crippen MR) is 196 cm³/mol. The molecule has 2 aromatic heterocycles. The van der Waals surface area contributed by atoms with Gasteiger partial charge in [-0.1, -0.05) is 11.6 Å². The zero-order valence-corrected chi connectivity index (χ0v) is 29.9. The largest absolute Gasteiger partial charge is 0.494 e. The monoisotopic (exact) mass is 706 g/mol. The third-order valence-electron chi connectivity index (χ3n) is 9.69. The molecule has 2 N–H and O–H groups in total. The first-order chi connectivity index (χ1) is 23.6. The molecule has 0 unspecified atom stereocenters. The van der Waals surface area contributed by atoms with Crippen molar-refractivity contribution in [2.45, 2.75) is 44.7 Å². The number of ether oxygens (including phenoxy) is 1. The van der Waals surface area contributed by atoms with Gasteiger partial charge in [-0.3, -0.25) is 19.2 Å². The van der Waals surface area contributed by atoms with E-state index in [0.29, 0.717) is 46.0 Å². The number of rotatable bonds is 10. The lowest BCUT2D eigenvalue weighted by Crippen LogP contribution is -2.52. The number of hydrogen-bond acceptors (Lipinski definition) is 12. The van der Waals surface area contributed by atoms with Crippen LogP contribution in [-0.2, 0) is 10.0 Å². The van der Waals surface area contributed by atoms with E-state index in [1.165, 1.54) is 16.8 Å². The van der Waals surface area contributed by atoms with Crippen LogP contribution in [0.4, 0.5) is 34.5 Å². The van der Waals surface area contributed by atoms with E-state index in [2.05, 4.69) is 66.4 Å². The number of aromatic nitrogens is 4. The average molecular weight is 707 g/mol. The number of methoxy groups -OCH3 is 1. The Labute approximate surface area is 292 Å². The molecule has 13 nitrogen and oxygen atoms in total. The summed E-state index contributed by atoms with van der Waals surface area (Å²) in [6.07, 6.45) is 9.68. The maximum absolute atomic E-state index is 13.1. The smallest absolute Gasteiger partial charge is 0.232 e. The Kier molecular flexibility index (Phi) is 9.39. The number of nitrogens with zero attached hydrogens (tertiary/aromatic N) is 8. The molecule has 0 bridgehead atoms. The quantitative estimate of drug-likeness (QED) is 0.230. The summed E-state index contributed by atoms with van der Waals surface area (Å²) in [7, 11) is 0.234. The van der Waals surface area contributed by atoms with Crippen molar-refractivity contribution < 1.29 is 13.2 Å². The molecule has 260 valence electrons. The summed E-state index contributed by atoms with van der Waals surface area (Å²) in [5.74, 6) is 1.29. The number of piperidine rings is 1. The van der Waals surface area contributed by atoms with E-state index in [9.17, 15) is 8.42 Å². The van der Waals surface area contributed by atoms with E-state index < -0.39 is 10.0 Å². The topological polar surface area (TPSA) is 132 Å². The second-order valence-corrected chi connectivity index (χ2v) is 15.5. The molecule has 2 saturated heterocycles. The van der Waals surface area contributed by atoms with Gasteiger partial charge < -0.3 is 25.2 Å². The number of likely N-dealkylation sites (N-methyl/N-ethyl adjacent to an activating group) is 1. The van der Waals surface area contributed by atoms with Crippen molar-refractivity contribution in [3.8, 4) is 5.75 Å². The van der Waals surface area contributed by atoms with Crippen molar-refractivity contribution in [1.82, 2.24) is 29.7 Å². The van der Waals surface area contributed by atoms with Crippen LogP contribution >= 0.6 is 11.6 Å². The molecule has 3 aliphatic rings. The van der Waals surface area contributed by atoms with Crippen LogP contribution in [0.2, 0.25) is 5.02 Å². The Balaban J connectivity index is 1.12. The Morgan fingerprint density at radius 1 is 0.939 bits per heavy atom. The molecule has 2 aliphatic heterocycles. The van der Waals surface area contributed by atoms with Gasteiger partial charge in [-0.25, -0.2) is 13.4 Å². The molecular formula is C34H43ClN10O3S. The highest BCUT2D eigenvalue weighted by Gasteiger charge is 2.38. The Bertz CT molecular complexity index is 1940. The molecule has 7 rings (SSSR count). The van der Waals surface area contributed by atoms with Gasteiger partial charge in [-0.05, 0) is 63.4 Å². The lowest BCUT2D eigenvalue weighted by molar-refractivity contribution is 0.0982. The lowest BCUT2D eigenvalue weighted by Gasteiger charge is -2.43. The van der Waals surface area contributed by atoms with Crippen LogP contribution in [0, 0.1) is 6.92 Å². The summed E-state index contributed by atoms with van der Waals surface area (Å²) in [4.78, 5) is 25.6. The van der Waals surface area contributed by atoms with Gasteiger partial charge in [0.25, 0.3) is 0 Å². The van der Waals surface area contributed by atoms with Crippen LogP contribution in [0.3, 0.4) is 0 Å². The minimum Gasteiger partial charge on any atom is -0.494 e. The maximum Gasteiger partial charge on any atom is 0.232 e. The van der Waals surface area contributed by atoms with Gasteiger partial charge in [0, 0.05) is 75.5 Å². The number of halogens is 1. The summed E-state index contributed by atoms with van der Waals surface area (Å²) in [5, 5.41) is 6.86. The van der Waals surface area contributed by atoms with Crippen molar-refractivity contribution in [2.75, 3.05) is 79.5 Å². The molecule has 0 radical (unpaired) electrons. The second-order valence-electron chi connectivity index (χ2n) is 13.2. The van der Waals surface area contributed by atoms with Crippen molar-refractivity contribution in [3.63, 3.8) is 0 Å². The first-order valence-electron chi connectivity index (χ1n) is 16.7. The fourth-order valence-corrected chi connectivity index (χ4v) is 8.39. The summed E-state index contributed by atoms with van der Waals surface area (Å²) in [5.41, 5.74) is 4.97. The highest BCUT2D eigenvalue weighted by molar-refractivity contribution is 7.92. The number of piperazine rings is 1. The number of aryl methyl sites for hydroxylation is 1. The molecule has 15 heteroatoms. The van der Waals surface area contributed by atoms with Gasteiger partial charge in [-0.2, -0.15) is 4.98 Å². The SMILES string of the molecule is COc1cc(N2CCC(N3CCN(C)CC3)CC2)c(C)cc1Nc1ncc(Cl)c(Nc2ccc3nccnc3c2N(C2CC2)S(C)(=O)=O)n1. The average Bonchev–Trinajstić information content (AvgIpc) is 3.92. The van der Waals surface area contributed by atoms with Crippen LogP contribution in [0.1, 0.15) is 31.2 Å². The van der Waals surface area contributed by atoms with E-state index in [1.54, 1.807) is 31.6 Å². The van der Waals surface area contributed by atoms with Gasteiger partial charge in [0.2, 0.25) is 16.0 Å². The molecule has 1 aliphatic carbocycles. The minimum atomic E-state index is -3.63. The van der Waals surface area contributed by atoms with E-state index in [1.807, 2.05) is 0 Å². The van der Waals surface area contributed by atoms with Crippen LogP contribution < -0.4 is 24.6 Å². The number of hydrogen-bond donors (Lipinski definition) is 2. The fraction of sp³-hybridized carbons (Fsp3) is 0.471. The third kappa shape index (κ3) is 7.18. The van der Waals surface area contributed by atoms with E-state index in [-0.39, 0.29) is 11.1 Å². The first kappa shape index (κ1) is 33.5. The Morgan fingerprint density at radius 3 is 2.37 bits per heavy atom. The van der Waals surface area contributed by atoms with E-state index in [0.717, 1.165) is 81.9 Å². The predicted octanol–water partition coefficient (Wildman–Crippen LogP) is 5.02. The highest BCUT2D eigenvalue weighted by Crippen LogP contribution is 2.43. The van der Waals surface area contributed by atoms with Crippen molar-refractivity contribution in [1.29, 1.82) is 0 Å². The van der Waals surface area contributed by atoms with E-state index >= 15 is 0 Å². The standard InChI is InChI=1S/C34H43ClN10O3S/c1-22-19-28(30(48-3)20-29(22)44-13-9-23(10-14-44)43-17-15-42(2)16-18-43)40-34-38-21-25(35)33(41-34)39-27-8-7-26-31(37-12-11-36-26)32(27)45(24-5-6-24)49(4,46)47/h7-8,11-12,19-21,23-24H,5-6,9-10,13-18H2,1-4H3,(H2,38,39,40,41). The maximum atomic E-state index is 13.1. The molecule has 49 heavy (non-hydrogen) atoms. The van der Waals surface area contributed by atoms with Crippen LogP contribution in [0.25, 0.3) is 11.0 Å². The van der Waals surface area contributed by atoms with Crippen molar-refractivity contribution in [3.05, 3.63) is 53.4 Å². The summed E-state index contributed by atoms with van der Waals surface area (Å²) >= 11 is 6.61. The Morgan fingerprint density at radius 2 is 1.67 bits per heavy atom. The zero-order chi connectivity index (χ0) is 34.3. The van der Waals surface area contributed by atoms with Gasteiger partial charge in [0.1, 0.15) is 22.0 Å². The highest BCUT2D eigenvalue weighted by atomic mass is 35.5. The molecule has 2 aromatic carbocycles. The molecule has 3 fully saturated rings. The van der Waals surface area contributed by atoms with Gasteiger partial charge in [0.05, 0.1) is 36.5 Å². The number of nitrogens with one attached hydrogen (secondary N) is 2. The molecule has 4 heterocycles. The molecule has 0 amide bonds. The minimum absolute atomic E-state index is 0.150. The molecule has 0 spiro atoms. The molecule has 1 saturated carbocycles. The fourth-order valence-electron chi connectivity index (χ4n) is 6.98. The van der Waals surface area contributed by atoms with Crippen LogP contribution in [-0.4, -0.2) is 110 Å². The number of fused-ring (bicyclic) bond motifs is 1.